The first kappa shape index (κ1) is 20.7. The van der Waals surface area contributed by atoms with E-state index in [9.17, 15) is 4.79 Å². The van der Waals surface area contributed by atoms with Crippen LogP contribution >= 0.6 is 0 Å². The first-order valence-electron chi connectivity index (χ1n) is 10.6. The van der Waals surface area contributed by atoms with Crippen LogP contribution in [0.25, 0.3) is 5.52 Å². The van der Waals surface area contributed by atoms with Crippen LogP contribution in [0.3, 0.4) is 0 Å². The maximum Gasteiger partial charge on any atom is 0.276 e. The van der Waals surface area contributed by atoms with Gasteiger partial charge >= 0.3 is 0 Å². The summed E-state index contributed by atoms with van der Waals surface area (Å²) in [5.74, 6) is 1.80. The van der Waals surface area contributed by atoms with Gasteiger partial charge in [-0.15, -0.1) is 0 Å². The molecule has 1 fully saturated rings. The fourth-order valence-electron chi connectivity index (χ4n) is 4.48. The van der Waals surface area contributed by atoms with Crippen molar-refractivity contribution in [3.05, 3.63) is 64.1 Å². The lowest BCUT2D eigenvalue weighted by Crippen LogP contribution is -2.41. The lowest BCUT2D eigenvalue weighted by atomic mass is 9.88. The van der Waals surface area contributed by atoms with Crippen molar-refractivity contribution in [3.63, 3.8) is 0 Å². The standard InChI is InChI=1S/C24H32N4O2/c1-17-14-28-20(21(29)27(17)15-18-7-9-19(30-6)10-8-18)13-25-22(28)24(5)11-12-26(16-24)23(2,3)4/h7-10,13-14H,11-12,15-16H2,1-6H3. The number of fused-ring (bicyclic) bond motifs is 1. The van der Waals surface area contributed by atoms with Gasteiger partial charge in [-0.1, -0.05) is 19.1 Å². The molecule has 160 valence electrons. The molecular formula is C24H32N4O2. The van der Waals surface area contributed by atoms with Crippen molar-refractivity contribution in [1.82, 2.24) is 18.9 Å². The van der Waals surface area contributed by atoms with Crippen molar-refractivity contribution >= 4 is 5.52 Å². The average Bonchev–Trinajstić information content (AvgIpc) is 3.30. The minimum atomic E-state index is -0.0687. The van der Waals surface area contributed by atoms with Gasteiger partial charge in [0.2, 0.25) is 0 Å². The largest absolute Gasteiger partial charge is 0.497 e. The summed E-state index contributed by atoms with van der Waals surface area (Å²) in [6.07, 6.45) is 4.84. The number of benzene rings is 1. The van der Waals surface area contributed by atoms with Crippen molar-refractivity contribution in [2.75, 3.05) is 20.2 Å². The third kappa shape index (κ3) is 3.54. The molecular weight excluding hydrogens is 376 g/mol. The Kier molecular flexibility index (Phi) is 5.01. The average molecular weight is 409 g/mol. The Morgan fingerprint density at radius 1 is 1.20 bits per heavy atom. The molecule has 1 unspecified atom stereocenters. The molecule has 3 aromatic rings. The highest BCUT2D eigenvalue weighted by Gasteiger charge is 2.42. The van der Waals surface area contributed by atoms with E-state index >= 15 is 0 Å². The lowest BCUT2D eigenvalue weighted by Gasteiger charge is -2.33. The highest BCUT2D eigenvalue weighted by Crippen LogP contribution is 2.36. The molecule has 0 N–H and O–H groups in total. The van der Waals surface area contributed by atoms with Crippen LogP contribution in [-0.2, 0) is 12.0 Å². The third-order valence-corrected chi connectivity index (χ3v) is 6.46. The maximum atomic E-state index is 13.3. The first-order chi connectivity index (χ1) is 14.1. The quantitative estimate of drug-likeness (QED) is 0.662. The summed E-state index contributed by atoms with van der Waals surface area (Å²) in [6, 6.07) is 7.84. The summed E-state index contributed by atoms with van der Waals surface area (Å²) in [6.45, 7) is 13.5. The zero-order valence-corrected chi connectivity index (χ0v) is 18.9. The van der Waals surface area contributed by atoms with E-state index in [-0.39, 0.29) is 16.5 Å². The van der Waals surface area contributed by atoms with Crippen LogP contribution in [0.4, 0.5) is 0 Å². The SMILES string of the molecule is COc1ccc(Cn2c(C)cn3c(C4(C)CCN(C(C)(C)C)C4)ncc3c2=O)cc1. The Balaban J connectivity index is 1.70. The maximum absolute atomic E-state index is 13.3. The van der Waals surface area contributed by atoms with Gasteiger partial charge < -0.3 is 9.30 Å². The van der Waals surface area contributed by atoms with E-state index < -0.39 is 0 Å². The zero-order chi connectivity index (χ0) is 21.7. The second-order valence-electron chi connectivity index (χ2n) is 9.75. The minimum Gasteiger partial charge on any atom is -0.497 e. The number of ether oxygens (including phenoxy) is 1. The van der Waals surface area contributed by atoms with Crippen LogP contribution in [0.2, 0.25) is 0 Å². The number of methoxy groups -OCH3 is 1. The van der Waals surface area contributed by atoms with Gasteiger partial charge in [-0.05, 0) is 58.4 Å². The second kappa shape index (κ2) is 7.27. The van der Waals surface area contributed by atoms with Crippen LogP contribution in [0.15, 0.2) is 41.5 Å². The van der Waals surface area contributed by atoms with Gasteiger partial charge in [0.15, 0.2) is 0 Å². The van der Waals surface area contributed by atoms with Gasteiger partial charge in [0.05, 0.1) is 19.9 Å². The molecule has 1 aliphatic heterocycles. The molecule has 4 rings (SSSR count). The predicted octanol–water partition coefficient (Wildman–Crippen LogP) is 3.62. The molecule has 1 aliphatic rings. The zero-order valence-electron chi connectivity index (χ0n) is 18.9. The van der Waals surface area contributed by atoms with Crippen LogP contribution < -0.4 is 10.3 Å². The molecule has 1 saturated heterocycles. The van der Waals surface area contributed by atoms with Crippen LogP contribution in [0, 0.1) is 6.92 Å². The van der Waals surface area contributed by atoms with Gasteiger partial charge in [-0.25, -0.2) is 4.98 Å². The van der Waals surface area contributed by atoms with E-state index in [4.69, 9.17) is 9.72 Å². The highest BCUT2D eigenvalue weighted by molar-refractivity contribution is 5.46. The molecule has 3 heterocycles. The molecule has 0 amide bonds. The fraction of sp³-hybridized carbons (Fsp3) is 0.500. The Hall–Kier alpha value is -2.60. The number of nitrogens with zero attached hydrogens (tertiary/aromatic N) is 4. The molecule has 1 aromatic carbocycles. The van der Waals surface area contributed by atoms with E-state index in [0.29, 0.717) is 12.1 Å². The molecule has 6 nitrogen and oxygen atoms in total. The van der Waals surface area contributed by atoms with Crippen molar-refractivity contribution in [2.45, 2.75) is 58.5 Å². The predicted molar refractivity (Wildman–Crippen MR) is 120 cm³/mol. The van der Waals surface area contributed by atoms with Gasteiger partial charge in [-0.2, -0.15) is 0 Å². The summed E-state index contributed by atoms with van der Waals surface area (Å²) >= 11 is 0. The molecule has 30 heavy (non-hydrogen) atoms. The lowest BCUT2D eigenvalue weighted by molar-refractivity contribution is 0.164. The second-order valence-corrected chi connectivity index (χ2v) is 9.75. The van der Waals surface area contributed by atoms with Crippen LogP contribution in [0.1, 0.15) is 51.2 Å². The van der Waals surface area contributed by atoms with E-state index in [1.807, 2.05) is 40.2 Å². The number of imidazole rings is 1. The summed E-state index contributed by atoms with van der Waals surface area (Å²) < 4.78 is 9.07. The molecule has 6 heteroatoms. The van der Waals surface area contributed by atoms with E-state index in [1.165, 1.54) is 0 Å². The number of hydrogen-bond donors (Lipinski definition) is 0. The van der Waals surface area contributed by atoms with Gasteiger partial charge in [0, 0.05) is 29.4 Å². The molecule has 0 bridgehead atoms. The van der Waals surface area contributed by atoms with Gasteiger partial charge in [0.1, 0.15) is 17.1 Å². The van der Waals surface area contributed by atoms with E-state index in [0.717, 1.165) is 42.3 Å². The Morgan fingerprint density at radius 2 is 1.90 bits per heavy atom. The first-order valence-corrected chi connectivity index (χ1v) is 10.6. The van der Waals surface area contributed by atoms with Gasteiger partial charge in [-0.3, -0.25) is 14.1 Å². The Labute approximate surface area is 178 Å². The molecule has 2 aromatic heterocycles. The van der Waals surface area contributed by atoms with Crippen LogP contribution in [-0.4, -0.2) is 44.6 Å². The number of rotatable bonds is 4. The Bertz CT molecular complexity index is 1120. The molecule has 0 spiro atoms. The highest BCUT2D eigenvalue weighted by atomic mass is 16.5. The number of hydrogen-bond acceptors (Lipinski definition) is 4. The van der Waals surface area contributed by atoms with Crippen molar-refractivity contribution < 1.29 is 4.74 Å². The number of aryl methyl sites for hydroxylation is 1. The fourth-order valence-corrected chi connectivity index (χ4v) is 4.48. The van der Waals surface area contributed by atoms with Crippen molar-refractivity contribution in [3.8, 4) is 5.75 Å². The van der Waals surface area contributed by atoms with E-state index in [2.05, 4.69) is 38.8 Å². The summed E-state index contributed by atoms with van der Waals surface area (Å²) in [4.78, 5) is 20.6. The Morgan fingerprint density at radius 3 is 2.50 bits per heavy atom. The monoisotopic (exact) mass is 408 g/mol. The van der Waals surface area contributed by atoms with E-state index in [1.54, 1.807) is 13.3 Å². The number of aromatic nitrogens is 3. The smallest absolute Gasteiger partial charge is 0.276 e. The van der Waals surface area contributed by atoms with Crippen molar-refractivity contribution in [2.24, 2.45) is 0 Å². The summed E-state index contributed by atoms with van der Waals surface area (Å²) in [5.41, 5.74) is 2.69. The molecule has 1 atom stereocenters. The molecule has 0 aliphatic carbocycles. The topological polar surface area (TPSA) is 51.8 Å². The normalized spacial score (nSPS) is 20.2. The summed E-state index contributed by atoms with van der Waals surface area (Å²) in [7, 11) is 1.65. The number of likely N-dealkylation sites (tertiary alicyclic amines) is 1. The van der Waals surface area contributed by atoms with Gasteiger partial charge in [0.25, 0.3) is 5.56 Å². The third-order valence-electron chi connectivity index (χ3n) is 6.46. The van der Waals surface area contributed by atoms with Crippen molar-refractivity contribution in [1.29, 1.82) is 0 Å². The minimum absolute atomic E-state index is 0.00107. The summed E-state index contributed by atoms with van der Waals surface area (Å²) in [5, 5.41) is 0. The van der Waals surface area contributed by atoms with Crippen LogP contribution in [0.5, 0.6) is 5.75 Å². The molecule has 0 radical (unpaired) electrons. The molecule has 0 saturated carbocycles.